The lowest BCUT2D eigenvalue weighted by molar-refractivity contribution is -0.132. The van der Waals surface area contributed by atoms with E-state index in [0.29, 0.717) is 17.1 Å². The van der Waals surface area contributed by atoms with Crippen LogP contribution in [0.2, 0.25) is 5.02 Å². The molecule has 0 amide bonds. The molecule has 1 rings (SSSR count). The maximum atomic E-state index is 12.0. The van der Waals surface area contributed by atoms with Crippen molar-refractivity contribution in [1.82, 2.24) is 10.0 Å². The Morgan fingerprint density at radius 2 is 1.95 bits per heavy atom. The van der Waals surface area contributed by atoms with Crippen molar-refractivity contribution in [2.75, 3.05) is 13.6 Å². The van der Waals surface area contributed by atoms with Gasteiger partial charge in [-0.2, -0.15) is 13.2 Å². The molecule has 0 aliphatic heterocycles. The molecule has 0 aliphatic carbocycles. The molecule has 1 aromatic carbocycles. The van der Waals surface area contributed by atoms with E-state index in [9.17, 15) is 21.6 Å². The van der Waals surface area contributed by atoms with Gasteiger partial charge in [-0.3, -0.25) is 0 Å². The molecular formula is C11H14ClF3N2O2S. The highest BCUT2D eigenvalue weighted by Gasteiger charge is 2.27. The van der Waals surface area contributed by atoms with Gasteiger partial charge in [0.1, 0.15) is 0 Å². The first-order chi connectivity index (χ1) is 9.15. The van der Waals surface area contributed by atoms with E-state index in [4.69, 9.17) is 11.6 Å². The smallest absolute Gasteiger partial charge is 0.316 e. The standard InChI is InChI=1S/C11H14ClF3N2O2S/c1-16-7-8-6-9(2-3-10(8)12)20(18,19)17-5-4-11(13,14)15/h2-3,6,16-17H,4-5,7H2,1H3. The molecule has 0 heterocycles. The maximum Gasteiger partial charge on any atom is 0.390 e. The lowest BCUT2D eigenvalue weighted by Gasteiger charge is -2.10. The van der Waals surface area contributed by atoms with Crippen LogP contribution in [0.1, 0.15) is 12.0 Å². The van der Waals surface area contributed by atoms with Crippen molar-refractivity contribution in [3.8, 4) is 0 Å². The van der Waals surface area contributed by atoms with Gasteiger partial charge in [-0.25, -0.2) is 13.1 Å². The zero-order valence-corrected chi connectivity index (χ0v) is 12.2. The molecule has 0 saturated carbocycles. The molecule has 2 N–H and O–H groups in total. The molecule has 0 unspecified atom stereocenters. The van der Waals surface area contributed by atoms with Gasteiger partial charge >= 0.3 is 6.18 Å². The molecule has 114 valence electrons. The number of halogens is 4. The van der Waals surface area contributed by atoms with Crippen molar-refractivity contribution in [1.29, 1.82) is 0 Å². The maximum absolute atomic E-state index is 12.0. The summed E-state index contributed by atoms with van der Waals surface area (Å²) in [4.78, 5) is -0.116. The lowest BCUT2D eigenvalue weighted by atomic mass is 10.2. The van der Waals surface area contributed by atoms with Crippen LogP contribution in [0.5, 0.6) is 0 Å². The summed E-state index contributed by atoms with van der Waals surface area (Å²) in [5.74, 6) is 0. The van der Waals surface area contributed by atoms with E-state index in [0.717, 1.165) is 0 Å². The van der Waals surface area contributed by atoms with Crippen LogP contribution < -0.4 is 10.0 Å². The third-order valence-electron chi connectivity index (χ3n) is 2.40. The molecule has 9 heteroatoms. The molecule has 1 aromatic rings. The predicted molar refractivity (Wildman–Crippen MR) is 70.1 cm³/mol. The summed E-state index contributed by atoms with van der Waals surface area (Å²) >= 11 is 5.89. The average molecular weight is 331 g/mol. The Labute approximate surface area is 120 Å². The first-order valence-corrected chi connectivity index (χ1v) is 7.51. The molecule has 0 aliphatic rings. The Hall–Kier alpha value is -0.830. The van der Waals surface area contributed by atoms with Crippen molar-refractivity contribution in [3.63, 3.8) is 0 Å². The van der Waals surface area contributed by atoms with Gasteiger partial charge < -0.3 is 5.32 Å². The summed E-state index contributed by atoms with van der Waals surface area (Å²) in [5, 5.41) is 3.20. The van der Waals surface area contributed by atoms with Gasteiger partial charge in [-0.15, -0.1) is 0 Å². The van der Waals surface area contributed by atoms with Gasteiger partial charge in [-0.1, -0.05) is 11.6 Å². The zero-order valence-electron chi connectivity index (χ0n) is 10.6. The molecule has 0 aromatic heterocycles. The molecule has 4 nitrogen and oxygen atoms in total. The van der Waals surface area contributed by atoms with Crippen LogP contribution in [0.15, 0.2) is 23.1 Å². The van der Waals surface area contributed by atoms with Crippen molar-refractivity contribution in [3.05, 3.63) is 28.8 Å². The quantitative estimate of drug-likeness (QED) is 0.841. The fraction of sp³-hybridized carbons (Fsp3) is 0.455. The number of sulfonamides is 1. The van der Waals surface area contributed by atoms with Crippen molar-refractivity contribution >= 4 is 21.6 Å². The van der Waals surface area contributed by atoms with Gasteiger partial charge in [0.15, 0.2) is 0 Å². The van der Waals surface area contributed by atoms with Crippen molar-refractivity contribution in [2.45, 2.75) is 24.0 Å². The highest BCUT2D eigenvalue weighted by atomic mass is 35.5. The van der Waals surface area contributed by atoms with E-state index in [2.05, 4.69) is 5.32 Å². The fourth-order valence-corrected chi connectivity index (χ4v) is 2.72. The minimum Gasteiger partial charge on any atom is -0.316 e. The zero-order chi connectivity index (χ0) is 15.4. The number of nitrogens with one attached hydrogen (secondary N) is 2. The highest BCUT2D eigenvalue weighted by Crippen LogP contribution is 2.21. The second kappa shape index (κ2) is 6.75. The van der Waals surface area contributed by atoms with Gasteiger partial charge in [0.05, 0.1) is 11.3 Å². The largest absolute Gasteiger partial charge is 0.390 e. The van der Waals surface area contributed by atoms with E-state index < -0.39 is 29.2 Å². The summed E-state index contributed by atoms with van der Waals surface area (Å²) in [7, 11) is -2.31. The van der Waals surface area contributed by atoms with E-state index in [-0.39, 0.29) is 4.90 Å². The Morgan fingerprint density at radius 1 is 1.30 bits per heavy atom. The Morgan fingerprint density at radius 3 is 2.50 bits per heavy atom. The van der Waals surface area contributed by atoms with Crippen LogP contribution in [-0.4, -0.2) is 28.2 Å². The SMILES string of the molecule is CNCc1cc(S(=O)(=O)NCCC(F)(F)F)ccc1Cl. The summed E-state index contributed by atoms with van der Waals surface area (Å²) < 4.78 is 61.6. The Kier molecular flexibility index (Phi) is 5.81. The normalized spacial score (nSPS) is 12.7. The van der Waals surface area contributed by atoms with E-state index in [1.807, 2.05) is 4.72 Å². The highest BCUT2D eigenvalue weighted by molar-refractivity contribution is 7.89. The third kappa shape index (κ3) is 5.28. The van der Waals surface area contributed by atoms with Crippen molar-refractivity contribution < 1.29 is 21.6 Å². The first kappa shape index (κ1) is 17.2. The molecule has 0 fully saturated rings. The van der Waals surface area contributed by atoms with Gasteiger partial charge in [0.25, 0.3) is 0 Å². The number of hydrogen-bond donors (Lipinski definition) is 2. The Bertz CT molecular complexity index is 561. The topological polar surface area (TPSA) is 58.2 Å². The summed E-state index contributed by atoms with van der Waals surface area (Å²) in [6, 6.07) is 3.97. The molecule has 20 heavy (non-hydrogen) atoms. The number of benzene rings is 1. The second-order valence-corrected chi connectivity index (χ2v) is 6.22. The monoisotopic (exact) mass is 330 g/mol. The van der Waals surface area contributed by atoms with Crippen LogP contribution in [0.25, 0.3) is 0 Å². The minimum atomic E-state index is -4.40. The summed E-state index contributed by atoms with van der Waals surface area (Å²) in [6.45, 7) is -0.347. The summed E-state index contributed by atoms with van der Waals surface area (Å²) in [6.07, 6.45) is -5.62. The van der Waals surface area contributed by atoms with Crippen LogP contribution >= 0.6 is 11.6 Å². The van der Waals surface area contributed by atoms with Crippen LogP contribution in [0.4, 0.5) is 13.2 Å². The molecule has 0 saturated heterocycles. The van der Waals surface area contributed by atoms with Gasteiger partial charge in [-0.05, 0) is 30.8 Å². The van der Waals surface area contributed by atoms with Crippen LogP contribution in [0, 0.1) is 0 Å². The fourth-order valence-electron chi connectivity index (χ4n) is 1.45. The molecular weight excluding hydrogens is 317 g/mol. The molecule has 0 spiro atoms. The van der Waals surface area contributed by atoms with Crippen molar-refractivity contribution in [2.24, 2.45) is 0 Å². The third-order valence-corrected chi connectivity index (χ3v) is 4.22. The molecule has 0 radical (unpaired) electrons. The van der Waals surface area contributed by atoms with Gasteiger partial charge in [0.2, 0.25) is 10.0 Å². The molecule has 0 bridgehead atoms. The van der Waals surface area contributed by atoms with Gasteiger partial charge in [0, 0.05) is 18.1 Å². The molecule has 0 atom stereocenters. The van der Waals surface area contributed by atoms with Crippen LogP contribution in [0.3, 0.4) is 0 Å². The van der Waals surface area contributed by atoms with E-state index in [1.165, 1.54) is 18.2 Å². The second-order valence-electron chi connectivity index (χ2n) is 4.05. The van der Waals surface area contributed by atoms with E-state index >= 15 is 0 Å². The van der Waals surface area contributed by atoms with E-state index in [1.54, 1.807) is 7.05 Å². The average Bonchev–Trinajstić information content (AvgIpc) is 2.30. The number of hydrogen-bond acceptors (Lipinski definition) is 3. The summed E-state index contributed by atoms with van der Waals surface area (Å²) in [5.41, 5.74) is 0.549. The number of alkyl halides is 3. The minimum absolute atomic E-state index is 0.116. The Balaban J connectivity index is 2.84. The lowest BCUT2D eigenvalue weighted by Crippen LogP contribution is -2.28. The van der Waals surface area contributed by atoms with Crippen LogP contribution in [-0.2, 0) is 16.6 Å². The number of rotatable bonds is 6. The predicted octanol–water partition coefficient (Wildman–Crippen LogP) is 2.29. The first-order valence-electron chi connectivity index (χ1n) is 5.65.